The maximum Gasteiger partial charge on any atom is 0.227 e. The Morgan fingerprint density at radius 1 is 1.09 bits per heavy atom. The van der Waals surface area contributed by atoms with Gasteiger partial charge in [-0.1, -0.05) is 32.0 Å². The molecule has 4 rings (SSSR count). The Hall–Kier alpha value is -3.19. The van der Waals surface area contributed by atoms with Crippen LogP contribution in [0.15, 0.2) is 42.5 Å². The van der Waals surface area contributed by atoms with Gasteiger partial charge in [-0.25, -0.2) is 4.98 Å². The van der Waals surface area contributed by atoms with Crippen molar-refractivity contribution in [2.45, 2.75) is 40.2 Å². The van der Waals surface area contributed by atoms with Crippen LogP contribution in [0.4, 0.5) is 17.5 Å². The summed E-state index contributed by atoms with van der Waals surface area (Å²) >= 11 is 0. The summed E-state index contributed by atoms with van der Waals surface area (Å²) in [5.41, 5.74) is 4.07. The van der Waals surface area contributed by atoms with Gasteiger partial charge in [-0.3, -0.25) is 4.79 Å². The van der Waals surface area contributed by atoms with Gasteiger partial charge in [-0.15, -0.1) is 0 Å². The Morgan fingerprint density at radius 3 is 2.46 bits per heavy atom. The molecule has 1 aliphatic rings. The van der Waals surface area contributed by atoms with Crippen molar-refractivity contribution >= 4 is 34.3 Å². The molecule has 0 unspecified atom stereocenters. The first-order chi connectivity index (χ1) is 16.8. The number of aryl methyl sites for hydroxylation is 1. The Bertz CT molecular complexity index is 1150. The minimum atomic E-state index is 0.0975. The van der Waals surface area contributed by atoms with E-state index in [4.69, 9.17) is 4.98 Å². The zero-order valence-electron chi connectivity index (χ0n) is 21.6. The summed E-state index contributed by atoms with van der Waals surface area (Å²) < 4.78 is 0. The standard InChI is InChI=1S/C28H38N6O/c1-19(2)18-34-14-12-22(13-15-34)27(35)30-23-9-7-21(8-10-23)17-29-26-24-11-6-20(3)16-25(24)31-28(32-26)33(4)5/h6-11,16,19,22H,12-15,17-18H2,1-5H3,(H,30,35)(H,29,31,32). The molecule has 2 N–H and O–H groups in total. The third-order valence-electron chi connectivity index (χ3n) is 6.50. The molecule has 35 heavy (non-hydrogen) atoms. The number of fused-ring (bicyclic) bond motifs is 1. The van der Waals surface area contributed by atoms with Gasteiger partial charge < -0.3 is 20.4 Å². The molecule has 0 aliphatic carbocycles. The summed E-state index contributed by atoms with van der Waals surface area (Å²) in [5, 5.41) is 7.60. The summed E-state index contributed by atoms with van der Waals surface area (Å²) in [5.74, 6) is 2.40. The second-order valence-corrected chi connectivity index (χ2v) is 10.3. The van der Waals surface area contributed by atoms with Gasteiger partial charge in [-0.2, -0.15) is 4.98 Å². The minimum absolute atomic E-state index is 0.0975. The normalized spacial score (nSPS) is 14.9. The average molecular weight is 475 g/mol. The van der Waals surface area contributed by atoms with E-state index in [0.717, 1.165) is 60.4 Å². The van der Waals surface area contributed by atoms with E-state index in [2.05, 4.69) is 59.5 Å². The lowest BCUT2D eigenvalue weighted by Gasteiger charge is -2.32. The van der Waals surface area contributed by atoms with Gasteiger partial charge in [0, 0.05) is 44.2 Å². The monoisotopic (exact) mass is 474 g/mol. The van der Waals surface area contributed by atoms with Crippen molar-refractivity contribution in [1.29, 1.82) is 0 Å². The highest BCUT2D eigenvalue weighted by atomic mass is 16.1. The molecule has 0 saturated carbocycles. The minimum Gasteiger partial charge on any atom is -0.365 e. The molecule has 2 aromatic carbocycles. The number of benzene rings is 2. The fraction of sp³-hybridized carbons (Fsp3) is 0.464. The van der Waals surface area contributed by atoms with Crippen LogP contribution < -0.4 is 15.5 Å². The number of hydrogen-bond donors (Lipinski definition) is 2. The molecule has 3 aromatic rings. The molecule has 1 saturated heterocycles. The zero-order chi connectivity index (χ0) is 24.9. The Kier molecular flexibility index (Phi) is 7.86. The molecule has 0 bridgehead atoms. The van der Waals surface area contributed by atoms with E-state index in [1.54, 1.807) is 0 Å². The molecule has 186 valence electrons. The SMILES string of the molecule is Cc1ccc2c(NCc3ccc(NC(=O)C4CCN(CC(C)C)CC4)cc3)nc(N(C)C)nc2c1. The van der Waals surface area contributed by atoms with Gasteiger partial charge in [-0.05, 0) is 74.2 Å². The van der Waals surface area contributed by atoms with Crippen molar-refractivity contribution in [3.05, 3.63) is 53.6 Å². The van der Waals surface area contributed by atoms with Gasteiger partial charge in [0.15, 0.2) is 0 Å². The maximum absolute atomic E-state index is 12.8. The van der Waals surface area contributed by atoms with E-state index in [1.165, 1.54) is 5.56 Å². The average Bonchev–Trinajstić information content (AvgIpc) is 2.83. The number of rotatable bonds is 8. The number of carbonyl (C=O) groups excluding carboxylic acids is 1. The van der Waals surface area contributed by atoms with Crippen LogP contribution in [-0.4, -0.2) is 54.5 Å². The number of nitrogens with one attached hydrogen (secondary N) is 2. The second-order valence-electron chi connectivity index (χ2n) is 10.3. The molecule has 0 atom stereocenters. The molecule has 7 heteroatoms. The van der Waals surface area contributed by atoms with E-state index in [1.807, 2.05) is 43.3 Å². The third-order valence-corrected chi connectivity index (χ3v) is 6.50. The lowest BCUT2D eigenvalue weighted by atomic mass is 9.95. The van der Waals surface area contributed by atoms with Crippen LogP contribution in [0.5, 0.6) is 0 Å². The summed E-state index contributed by atoms with van der Waals surface area (Å²) in [4.78, 5) is 26.5. The predicted octanol–water partition coefficient (Wildman–Crippen LogP) is 4.92. The maximum atomic E-state index is 12.8. The van der Waals surface area contributed by atoms with Gasteiger partial charge in [0.05, 0.1) is 5.52 Å². The van der Waals surface area contributed by atoms with E-state index in [-0.39, 0.29) is 11.8 Å². The zero-order valence-corrected chi connectivity index (χ0v) is 21.6. The molecule has 1 amide bonds. The van der Waals surface area contributed by atoms with Crippen molar-refractivity contribution < 1.29 is 4.79 Å². The smallest absolute Gasteiger partial charge is 0.227 e. The molecule has 2 heterocycles. The van der Waals surface area contributed by atoms with Crippen LogP contribution in [0.3, 0.4) is 0 Å². The first-order valence-corrected chi connectivity index (χ1v) is 12.6. The van der Waals surface area contributed by atoms with Crippen molar-refractivity contribution in [3.8, 4) is 0 Å². The number of aromatic nitrogens is 2. The summed E-state index contributed by atoms with van der Waals surface area (Å²) in [7, 11) is 3.89. The highest BCUT2D eigenvalue weighted by molar-refractivity contribution is 5.92. The molecule has 1 aromatic heterocycles. The number of likely N-dealkylation sites (tertiary alicyclic amines) is 1. The highest BCUT2D eigenvalue weighted by Gasteiger charge is 2.25. The number of hydrogen-bond acceptors (Lipinski definition) is 6. The fourth-order valence-corrected chi connectivity index (χ4v) is 4.59. The number of piperidine rings is 1. The largest absolute Gasteiger partial charge is 0.365 e. The Morgan fingerprint density at radius 2 is 1.80 bits per heavy atom. The van der Waals surface area contributed by atoms with Crippen molar-refractivity contribution in [2.75, 3.05) is 49.3 Å². The topological polar surface area (TPSA) is 73.4 Å². The van der Waals surface area contributed by atoms with Crippen LogP contribution in [0.2, 0.25) is 0 Å². The number of anilines is 3. The molecule has 7 nitrogen and oxygen atoms in total. The van der Waals surface area contributed by atoms with Crippen LogP contribution >= 0.6 is 0 Å². The van der Waals surface area contributed by atoms with Gasteiger partial charge in [0.2, 0.25) is 11.9 Å². The van der Waals surface area contributed by atoms with E-state index >= 15 is 0 Å². The molecule has 1 aliphatic heterocycles. The van der Waals surface area contributed by atoms with Gasteiger partial charge in [0.25, 0.3) is 0 Å². The number of carbonyl (C=O) groups is 1. The second kappa shape index (κ2) is 11.0. The van der Waals surface area contributed by atoms with E-state index in [9.17, 15) is 4.79 Å². The van der Waals surface area contributed by atoms with Crippen molar-refractivity contribution in [2.24, 2.45) is 11.8 Å². The van der Waals surface area contributed by atoms with Gasteiger partial charge >= 0.3 is 0 Å². The first-order valence-electron chi connectivity index (χ1n) is 12.6. The lowest BCUT2D eigenvalue weighted by Crippen LogP contribution is -2.39. The Balaban J connectivity index is 1.35. The predicted molar refractivity (Wildman–Crippen MR) is 145 cm³/mol. The lowest BCUT2D eigenvalue weighted by molar-refractivity contribution is -0.121. The van der Waals surface area contributed by atoms with Gasteiger partial charge in [0.1, 0.15) is 5.82 Å². The van der Waals surface area contributed by atoms with E-state index < -0.39 is 0 Å². The van der Waals surface area contributed by atoms with Crippen molar-refractivity contribution in [1.82, 2.24) is 14.9 Å². The first kappa shape index (κ1) is 24.9. The molecule has 1 fully saturated rings. The highest BCUT2D eigenvalue weighted by Crippen LogP contribution is 2.25. The van der Waals surface area contributed by atoms with Crippen LogP contribution in [0.25, 0.3) is 10.9 Å². The number of nitrogens with zero attached hydrogens (tertiary/aromatic N) is 4. The number of amides is 1. The molecular formula is C28H38N6O. The molecule has 0 spiro atoms. The van der Waals surface area contributed by atoms with Crippen LogP contribution in [0.1, 0.15) is 37.8 Å². The van der Waals surface area contributed by atoms with Crippen molar-refractivity contribution in [3.63, 3.8) is 0 Å². The summed E-state index contributed by atoms with van der Waals surface area (Å²) in [6.45, 7) is 10.3. The third kappa shape index (κ3) is 6.48. The molecule has 0 radical (unpaired) electrons. The summed E-state index contributed by atoms with van der Waals surface area (Å²) in [6.07, 6.45) is 1.86. The van der Waals surface area contributed by atoms with Crippen LogP contribution in [-0.2, 0) is 11.3 Å². The van der Waals surface area contributed by atoms with E-state index in [0.29, 0.717) is 18.4 Å². The fourth-order valence-electron chi connectivity index (χ4n) is 4.59. The Labute approximate surface area is 208 Å². The summed E-state index contributed by atoms with van der Waals surface area (Å²) in [6, 6.07) is 14.3. The molecular weight excluding hydrogens is 436 g/mol. The quantitative estimate of drug-likeness (QED) is 0.483. The van der Waals surface area contributed by atoms with Crippen LogP contribution in [0, 0.1) is 18.8 Å².